The Labute approximate surface area is 123 Å². The minimum absolute atomic E-state index is 0.0763. The Hall–Kier alpha value is -2.14. The van der Waals surface area contributed by atoms with Crippen LogP contribution in [0.5, 0.6) is 0 Å². The molecule has 2 aromatic rings. The lowest BCUT2D eigenvalue weighted by atomic mass is 9.82. The van der Waals surface area contributed by atoms with Crippen molar-refractivity contribution in [3.8, 4) is 0 Å². The number of aliphatic hydroxyl groups excluding tert-OH is 1. The van der Waals surface area contributed by atoms with E-state index in [-0.39, 0.29) is 17.1 Å². The maximum atomic E-state index is 10.6. The van der Waals surface area contributed by atoms with Crippen LogP contribution in [0, 0.1) is 10.1 Å². The van der Waals surface area contributed by atoms with Crippen LogP contribution in [-0.2, 0) is 5.41 Å². The highest BCUT2D eigenvalue weighted by atomic mass is 16.6. The summed E-state index contributed by atoms with van der Waals surface area (Å²) in [7, 11) is 0. The monoisotopic (exact) mass is 289 g/mol. The fraction of sp³-hybridized carbons (Fsp3) is 0.375. The first-order chi connectivity index (χ1) is 9.85. The first kappa shape index (κ1) is 15.3. The van der Waals surface area contributed by atoms with E-state index in [1.54, 1.807) is 0 Å². The molecule has 5 nitrogen and oxygen atoms in total. The summed E-state index contributed by atoms with van der Waals surface area (Å²) in [5.41, 5.74) is 1.91. The summed E-state index contributed by atoms with van der Waals surface area (Å²) in [4.78, 5) is 9.97. The summed E-state index contributed by atoms with van der Waals surface area (Å²) in [5.74, 6) is -0.197. The van der Waals surface area contributed by atoms with E-state index in [1.165, 1.54) is 17.7 Å². The van der Waals surface area contributed by atoms with Gasteiger partial charge in [0.05, 0.1) is 6.07 Å². The third kappa shape index (κ3) is 3.13. The second-order valence-corrected chi connectivity index (χ2v) is 5.70. The number of hydrogen-bond donors (Lipinski definition) is 1. The highest BCUT2D eigenvalue weighted by molar-refractivity contribution is 5.33. The van der Waals surface area contributed by atoms with Gasteiger partial charge in [-0.05, 0) is 29.0 Å². The molecule has 5 heteroatoms. The zero-order valence-electron chi connectivity index (χ0n) is 12.4. The predicted octanol–water partition coefficient (Wildman–Crippen LogP) is 3.96. The largest absolute Gasteiger partial charge is 0.433 e. The number of nitrogens with zero attached hydrogens (tertiary/aromatic N) is 1. The number of hydrogen-bond acceptors (Lipinski definition) is 4. The van der Waals surface area contributed by atoms with Crippen molar-refractivity contribution in [2.45, 2.75) is 38.7 Å². The van der Waals surface area contributed by atoms with E-state index in [2.05, 4.69) is 20.8 Å². The van der Waals surface area contributed by atoms with Crippen LogP contribution in [0.4, 0.5) is 5.88 Å². The van der Waals surface area contributed by atoms with Crippen LogP contribution in [0.2, 0.25) is 0 Å². The number of furan rings is 1. The molecular weight excluding hydrogens is 270 g/mol. The van der Waals surface area contributed by atoms with Gasteiger partial charge in [0.1, 0.15) is 16.8 Å². The van der Waals surface area contributed by atoms with Gasteiger partial charge in [-0.3, -0.25) is 10.1 Å². The van der Waals surface area contributed by atoms with Crippen molar-refractivity contribution in [3.05, 3.63) is 63.4 Å². The van der Waals surface area contributed by atoms with Gasteiger partial charge in [-0.2, -0.15) is 0 Å². The third-order valence-electron chi connectivity index (χ3n) is 3.95. The second kappa shape index (κ2) is 5.69. The molecule has 0 aliphatic heterocycles. The molecule has 0 aliphatic carbocycles. The van der Waals surface area contributed by atoms with Crippen molar-refractivity contribution in [1.82, 2.24) is 0 Å². The summed E-state index contributed by atoms with van der Waals surface area (Å²) < 4.78 is 5.03. The molecule has 0 amide bonds. The van der Waals surface area contributed by atoms with E-state index >= 15 is 0 Å². The standard InChI is InChI=1S/C16H19NO4/c1-4-16(2,3)12-7-5-11(6-8-12)15(18)13-9-10-14(21-13)17(19)20/h5-10,15,18H,4H2,1-3H3. The molecule has 0 saturated heterocycles. The second-order valence-electron chi connectivity index (χ2n) is 5.70. The maximum Gasteiger partial charge on any atom is 0.433 e. The summed E-state index contributed by atoms with van der Waals surface area (Å²) in [6.45, 7) is 6.45. The molecule has 1 atom stereocenters. The van der Waals surface area contributed by atoms with Crippen molar-refractivity contribution in [2.24, 2.45) is 0 Å². The Kier molecular flexibility index (Phi) is 4.14. The van der Waals surface area contributed by atoms with Crippen LogP contribution in [0.1, 0.15) is 50.2 Å². The van der Waals surface area contributed by atoms with Gasteiger partial charge in [-0.1, -0.05) is 45.0 Å². The van der Waals surface area contributed by atoms with Crippen LogP contribution in [0.25, 0.3) is 0 Å². The quantitative estimate of drug-likeness (QED) is 0.667. The lowest BCUT2D eigenvalue weighted by Gasteiger charge is -2.23. The first-order valence-electron chi connectivity index (χ1n) is 6.88. The minimum Gasteiger partial charge on any atom is -0.403 e. The molecule has 0 spiro atoms. The molecule has 1 N–H and O–H groups in total. The Morgan fingerprint density at radius 2 is 1.86 bits per heavy atom. The molecule has 0 bridgehead atoms. The molecule has 21 heavy (non-hydrogen) atoms. The van der Waals surface area contributed by atoms with Gasteiger partial charge in [0.15, 0.2) is 0 Å². The Balaban J connectivity index is 2.23. The number of rotatable bonds is 5. The van der Waals surface area contributed by atoms with Crippen LogP contribution in [-0.4, -0.2) is 10.0 Å². The molecule has 0 saturated carbocycles. The predicted molar refractivity (Wildman–Crippen MR) is 79.2 cm³/mol. The van der Waals surface area contributed by atoms with Crippen molar-refractivity contribution in [2.75, 3.05) is 0 Å². The average Bonchev–Trinajstić information content (AvgIpc) is 2.96. The zero-order chi connectivity index (χ0) is 15.6. The normalized spacial score (nSPS) is 13.1. The van der Waals surface area contributed by atoms with Crippen molar-refractivity contribution in [1.29, 1.82) is 0 Å². The van der Waals surface area contributed by atoms with Gasteiger partial charge >= 0.3 is 5.88 Å². The zero-order valence-corrected chi connectivity index (χ0v) is 12.4. The lowest BCUT2D eigenvalue weighted by molar-refractivity contribution is -0.402. The highest BCUT2D eigenvalue weighted by Crippen LogP contribution is 2.30. The van der Waals surface area contributed by atoms with E-state index in [0.29, 0.717) is 5.56 Å². The van der Waals surface area contributed by atoms with Crippen LogP contribution >= 0.6 is 0 Å². The van der Waals surface area contributed by atoms with E-state index in [4.69, 9.17) is 4.42 Å². The number of nitro groups is 1. The molecule has 0 aliphatic rings. The van der Waals surface area contributed by atoms with E-state index < -0.39 is 11.0 Å². The van der Waals surface area contributed by atoms with Gasteiger partial charge in [-0.15, -0.1) is 0 Å². The van der Waals surface area contributed by atoms with Crippen LogP contribution in [0.15, 0.2) is 40.8 Å². The minimum atomic E-state index is -1.00. The van der Waals surface area contributed by atoms with Gasteiger partial charge in [0.2, 0.25) is 0 Å². The summed E-state index contributed by atoms with van der Waals surface area (Å²) in [6, 6.07) is 10.3. The third-order valence-corrected chi connectivity index (χ3v) is 3.95. The summed E-state index contributed by atoms with van der Waals surface area (Å²) in [5, 5.41) is 20.8. The van der Waals surface area contributed by atoms with Gasteiger partial charge in [0, 0.05) is 0 Å². The Morgan fingerprint density at radius 1 is 1.24 bits per heavy atom. The summed E-state index contributed by atoms with van der Waals surface area (Å²) in [6.07, 6.45) is 0.0108. The SMILES string of the molecule is CCC(C)(C)c1ccc(C(O)c2ccc([N+](=O)[O-])o2)cc1. The van der Waals surface area contributed by atoms with Crippen molar-refractivity contribution >= 4 is 5.88 Å². The molecule has 1 aromatic heterocycles. The van der Waals surface area contributed by atoms with E-state index in [0.717, 1.165) is 6.42 Å². The van der Waals surface area contributed by atoms with Crippen LogP contribution in [0.3, 0.4) is 0 Å². The topological polar surface area (TPSA) is 76.5 Å². The van der Waals surface area contributed by atoms with Crippen molar-refractivity contribution < 1.29 is 14.4 Å². The van der Waals surface area contributed by atoms with E-state index in [1.807, 2.05) is 24.3 Å². The van der Waals surface area contributed by atoms with Gasteiger partial charge < -0.3 is 9.52 Å². The number of aliphatic hydroxyl groups is 1. The van der Waals surface area contributed by atoms with Crippen LogP contribution < -0.4 is 0 Å². The molecule has 1 unspecified atom stereocenters. The smallest absolute Gasteiger partial charge is 0.403 e. The van der Waals surface area contributed by atoms with E-state index in [9.17, 15) is 15.2 Å². The molecule has 1 aromatic carbocycles. The molecule has 1 heterocycles. The highest BCUT2D eigenvalue weighted by Gasteiger charge is 2.21. The average molecular weight is 289 g/mol. The maximum absolute atomic E-state index is 10.6. The van der Waals surface area contributed by atoms with Crippen molar-refractivity contribution in [3.63, 3.8) is 0 Å². The Bertz CT molecular complexity index is 628. The fourth-order valence-electron chi connectivity index (χ4n) is 2.07. The fourth-order valence-corrected chi connectivity index (χ4v) is 2.07. The lowest BCUT2D eigenvalue weighted by Crippen LogP contribution is -2.15. The summed E-state index contributed by atoms with van der Waals surface area (Å²) >= 11 is 0. The Morgan fingerprint density at radius 3 is 2.33 bits per heavy atom. The molecule has 2 rings (SSSR count). The van der Waals surface area contributed by atoms with Gasteiger partial charge in [0.25, 0.3) is 0 Å². The first-order valence-corrected chi connectivity index (χ1v) is 6.88. The molecule has 0 fully saturated rings. The molecule has 112 valence electrons. The number of benzene rings is 1. The van der Waals surface area contributed by atoms with Gasteiger partial charge in [-0.25, -0.2) is 0 Å². The molecular formula is C16H19NO4. The molecule has 0 radical (unpaired) electrons.